The number of hydrogen-bond donors (Lipinski definition) is 2. The standard InChI is InChI=1S/C32H36O4/c33-28(34)24-3-1-2-23-26(5-4-25(27(23)24)29(35)36)30-10-21-9-22(11-30)16-32(15-21,17-30)31-12-18-6-19(13-31)8-20(7-18)14-31/h1-5,18-22H,6-17H2,(H,33,34)(H,35,36). The van der Waals surface area contributed by atoms with E-state index >= 15 is 0 Å². The van der Waals surface area contributed by atoms with Crippen LogP contribution in [0.1, 0.15) is 103 Å². The second kappa shape index (κ2) is 6.94. The molecule has 8 fully saturated rings. The largest absolute Gasteiger partial charge is 0.478 e. The molecule has 0 heterocycles. The van der Waals surface area contributed by atoms with Crippen molar-refractivity contribution in [2.75, 3.05) is 0 Å². The van der Waals surface area contributed by atoms with Gasteiger partial charge in [0, 0.05) is 5.39 Å². The summed E-state index contributed by atoms with van der Waals surface area (Å²) in [6.07, 6.45) is 16.6. The number of aromatic carboxylic acids is 2. The van der Waals surface area contributed by atoms with E-state index in [1.165, 1.54) is 82.6 Å². The van der Waals surface area contributed by atoms with Crippen LogP contribution in [0.15, 0.2) is 30.3 Å². The Morgan fingerprint density at radius 2 is 1.17 bits per heavy atom. The zero-order valence-electron chi connectivity index (χ0n) is 21.0. The average Bonchev–Trinajstić information content (AvgIpc) is 2.81. The Bertz CT molecular complexity index is 1250. The van der Waals surface area contributed by atoms with E-state index in [-0.39, 0.29) is 16.5 Å². The molecular formula is C32H36O4. The van der Waals surface area contributed by atoms with Crippen LogP contribution in [-0.2, 0) is 5.41 Å². The topological polar surface area (TPSA) is 74.6 Å². The van der Waals surface area contributed by atoms with Gasteiger partial charge >= 0.3 is 11.9 Å². The van der Waals surface area contributed by atoms with Gasteiger partial charge in [-0.05, 0) is 146 Å². The highest BCUT2D eigenvalue weighted by Crippen LogP contribution is 2.77. The molecule has 8 aliphatic rings. The number of carboxylic acids is 2. The Morgan fingerprint density at radius 1 is 0.639 bits per heavy atom. The number of benzene rings is 2. The van der Waals surface area contributed by atoms with Crippen molar-refractivity contribution >= 4 is 22.7 Å². The second-order valence-electron chi connectivity index (χ2n) is 14.2. The zero-order valence-corrected chi connectivity index (χ0v) is 21.0. The van der Waals surface area contributed by atoms with Crippen molar-refractivity contribution in [3.8, 4) is 0 Å². The van der Waals surface area contributed by atoms with Crippen molar-refractivity contribution in [2.24, 2.45) is 40.4 Å². The monoisotopic (exact) mass is 484 g/mol. The summed E-state index contributed by atoms with van der Waals surface area (Å²) in [5.74, 6) is 2.29. The molecule has 2 N–H and O–H groups in total. The molecule has 0 saturated heterocycles. The number of carbonyl (C=O) groups is 2. The highest BCUT2D eigenvalue weighted by molar-refractivity contribution is 6.13. The Morgan fingerprint density at radius 3 is 1.75 bits per heavy atom. The minimum Gasteiger partial charge on any atom is -0.478 e. The Labute approximate surface area is 212 Å². The molecule has 8 bridgehead atoms. The molecule has 188 valence electrons. The van der Waals surface area contributed by atoms with E-state index in [1.54, 1.807) is 12.1 Å². The summed E-state index contributed by atoms with van der Waals surface area (Å²) in [6, 6.07) is 9.17. The summed E-state index contributed by atoms with van der Waals surface area (Å²) in [4.78, 5) is 24.3. The Hall–Kier alpha value is -2.36. The van der Waals surface area contributed by atoms with Gasteiger partial charge in [0.25, 0.3) is 0 Å². The Balaban J connectivity index is 1.31. The van der Waals surface area contributed by atoms with Gasteiger partial charge in [-0.15, -0.1) is 0 Å². The van der Waals surface area contributed by atoms with Gasteiger partial charge in [-0.1, -0.05) is 18.2 Å². The maximum atomic E-state index is 12.2. The van der Waals surface area contributed by atoms with Gasteiger partial charge in [-0.3, -0.25) is 0 Å². The van der Waals surface area contributed by atoms with Gasteiger partial charge in [-0.2, -0.15) is 0 Å². The third kappa shape index (κ3) is 2.71. The maximum Gasteiger partial charge on any atom is 0.336 e. The maximum absolute atomic E-state index is 12.2. The van der Waals surface area contributed by atoms with E-state index in [0.717, 1.165) is 35.0 Å². The van der Waals surface area contributed by atoms with Crippen LogP contribution in [-0.4, -0.2) is 22.2 Å². The molecule has 8 aliphatic carbocycles. The van der Waals surface area contributed by atoms with E-state index in [1.807, 2.05) is 12.1 Å². The van der Waals surface area contributed by atoms with Crippen LogP contribution in [0.5, 0.6) is 0 Å². The molecule has 8 saturated carbocycles. The first-order valence-corrected chi connectivity index (χ1v) is 14.3. The SMILES string of the molecule is O=C(O)c1cccc2c(C34CC5CC(C3)CC(C36CC7CC(CC(C7)C3)C6)(C5)C4)ccc(C(=O)O)c12. The van der Waals surface area contributed by atoms with E-state index in [4.69, 9.17) is 0 Å². The van der Waals surface area contributed by atoms with Crippen LogP contribution in [0, 0.1) is 40.4 Å². The molecule has 0 amide bonds. The fraction of sp³-hybridized carbons (Fsp3) is 0.625. The normalized spacial score (nSPS) is 43.8. The van der Waals surface area contributed by atoms with Crippen molar-refractivity contribution in [3.05, 3.63) is 47.0 Å². The summed E-state index contributed by atoms with van der Waals surface area (Å²) in [7, 11) is 0. The van der Waals surface area contributed by atoms with Crippen molar-refractivity contribution in [2.45, 2.75) is 82.5 Å². The van der Waals surface area contributed by atoms with Crippen molar-refractivity contribution < 1.29 is 19.8 Å². The van der Waals surface area contributed by atoms with Gasteiger partial charge in [-0.25, -0.2) is 9.59 Å². The Kier molecular flexibility index (Phi) is 4.18. The summed E-state index contributed by atoms with van der Waals surface area (Å²) >= 11 is 0. The molecule has 2 unspecified atom stereocenters. The molecule has 4 nitrogen and oxygen atoms in total. The first-order chi connectivity index (χ1) is 17.3. The van der Waals surface area contributed by atoms with Gasteiger partial charge in [0.05, 0.1) is 11.1 Å². The summed E-state index contributed by atoms with van der Waals surface area (Å²) in [5, 5.41) is 21.2. The smallest absolute Gasteiger partial charge is 0.336 e. The minimum atomic E-state index is -1.05. The van der Waals surface area contributed by atoms with Gasteiger partial charge < -0.3 is 10.2 Å². The highest BCUT2D eigenvalue weighted by atomic mass is 16.4. The van der Waals surface area contributed by atoms with E-state index in [2.05, 4.69) is 6.07 Å². The molecule has 2 aromatic rings. The lowest BCUT2D eigenvalue weighted by atomic mass is 9.32. The fourth-order valence-electron chi connectivity index (χ4n) is 12.2. The van der Waals surface area contributed by atoms with Crippen LogP contribution < -0.4 is 0 Å². The average molecular weight is 485 g/mol. The molecule has 0 radical (unpaired) electrons. The van der Waals surface area contributed by atoms with Crippen LogP contribution in [0.25, 0.3) is 10.8 Å². The fourth-order valence-corrected chi connectivity index (χ4v) is 12.2. The molecule has 0 spiro atoms. The summed E-state index contributed by atoms with van der Waals surface area (Å²) in [6.45, 7) is 0. The molecule has 2 aromatic carbocycles. The lowest BCUT2D eigenvalue weighted by Crippen LogP contribution is -2.63. The molecule has 4 heteroatoms. The third-order valence-electron chi connectivity index (χ3n) is 12.3. The van der Waals surface area contributed by atoms with Gasteiger partial charge in [0.1, 0.15) is 0 Å². The summed E-state index contributed by atoms with van der Waals surface area (Å²) in [5.41, 5.74) is 2.48. The predicted octanol–water partition coefficient (Wildman–Crippen LogP) is 7.29. The molecule has 0 aliphatic heterocycles. The number of hydrogen-bond acceptors (Lipinski definition) is 2. The summed E-state index contributed by atoms with van der Waals surface area (Å²) < 4.78 is 0. The quantitative estimate of drug-likeness (QED) is 0.478. The molecular weight excluding hydrogens is 448 g/mol. The van der Waals surface area contributed by atoms with E-state index < -0.39 is 11.9 Å². The first-order valence-electron chi connectivity index (χ1n) is 14.3. The van der Waals surface area contributed by atoms with E-state index in [0.29, 0.717) is 16.2 Å². The van der Waals surface area contributed by atoms with Crippen LogP contribution in [0.4, 0.5) is 0 Å². The minimum absolute atomic E-state index is 0.0554. The van der Waals surface area contributed by atoms with Gasteiger partial charge in [0.15, 0.2) is 0 Å². The van der Waals surface area contributed by atoms with Crippen LogP contribution >= 0.6 is 0 Å². The number of fused-ring (bicyclic) bond motifs is 1. The van der Waals surface area contributed by atoms with Gasteiger partial charge in [0.2, 0.25) is 0 Å². The molecule has 36 heavy (non-hydrogen) atoms. The van der Waals surface area contributed by atoms with Crippen molar-refractivity contribution in [3.63, 3.8) is 0 Å². The van der Waals surface area contributed by atoms with E-state index in [9.17, 15) is 19.8 Å². The second-order valence-corrected chi connectivity index (χ2v) is 14.2. The van der Waals surface area contributed by atoms with Crippen molar-refractivity contribution in [1.82, 2.24) is 0 Å². The lowest BCUT2D eigenvalue weighted by molar-refractivity contribution is -0.205. The number of carboxylic acid groups (broad SMARTS) is 2. The first kappa shape index (κ1) is 21.7. The lowest BCUT2D eigenvalue weighted by Gasteiger charge is -2.72. The molecule has 10 rings (SSSR count). The van der Waals surface area contributed by atoms with Crippen LogP contribution in [0.3, 0.4) is 0 Å². The third-order valence-corrected chi connectivity index (χ3v) is 12.3. The zero-order chi connectivity index (χ0) is 24.4. The highest BCUT2D eigenvalue weighted by Gasteiger charge is 2.67. The van der Waals surface area contributed by atoms with Crippen molar-refractivity contribution in [1.29, 1.82) is 0 Å². The molecule has 2 atom stereocenters. The predicted molar refractivity (Wildman–Crippen MR) is 137 cm³/mol. The molecule has 0 aromatic heterocycles. The number of rotatable bonds is 4. The van der Waals surface area contributed by atoms with Crippen LogP contribution in [0.2, 0.25) is 0 Å².